The van der Waals surface area contributed by atoms with Crippen molar-refractivity contribution in [1.82, 2.24) is 0 Å². The lowest BCUT2D eigenvalue weighted by Crippen LogP contribution is -2.41. The van der Waals surface area contributed by atoms with E-state index in [1.54, 1.807) is 0 Å². The molecule has 0 bridgehead atoms. The Hall–Kier alpha value is -3.92. The molecule has 3 heteroatoms. The van der Waals surface area contributed by atoms with E-state index >= 15 is 0 Å². The van der Waals surface area contributed by atoms with Gasteiger partial charge in [-0.3, -0.25) is 0 Å². The van der Waals surface area contributed by atoms with Crippen molar-refractivity contribution in [3.63, 3.8) is 0 Å². The lowest BCUT2D eigenvalue weighted by Gasteiger charge is -2.32. The summed E-state index contributed by atoms with van der Waals surface area (Å²) in [5, 5.41) is 0. The largest absolute Gasteiger partial charge is 0.494 e. The third kappa shape index (κ3) is 5.15. The highest BCUT2D eigenvalue weighted by Crippen LogP contribution is 2.48. The van der Waals surface area contributed by atoms with Gasteiger partial charge in [0.1, 0.15) is 0 Å². The SMILES string of the molecule is C=C/C=C\C1=C(C)C(C)(C)c2cc(-c3cc(B4OC(C)(C)C(C)(C)O4)cc(-c4ccc(-c5ccccc5)cc4)c3)ccc21. The van der Waals surface area contributed by atoms with Gasteiger partial charge in [0.2, 0.25) is 0 Å². The molecule has 0 radical (unpaired) electrons. The van der Waals surface area contributed by atoms with Crippen LogP contribution < -0.4 is 5.46 Å². The first kappa shape index (κ1) is 29.2. The Kier molecular flexibility index (Phi) is 7.23. The summed E-state index contributed by atoms with van der Waals surface area (Å²) >= 11 is 0. The normalized spacial score (nSPS) is 18.3. The first-order chi connectivity index (χ1) is 20.4. The quantitative estimate of drug-likeness (QED) is 0.171. The Morgan fingerprint density at radius 3 is 1.77 bits per heavy atom. The third-order valence-electron chi connectivity index (χ3n) is 9.86. The molecule has 0 atom stereocenters. The van der Waals surface area contributed by atoms with E-state index in [-0.39, 0.29) is 5.41 Å². The summed E-state index contributed by atoms with van der Waals surface area (Å²) in [6, 6.07) is 33.0. The molecule has 4 aromatic carbocycles. The number of hydrogen-bond donors (Lipinski definition) is 0. The van der Waals surface area contributed by atoms with Crippen molar-refractivity contribution in [2.24, 2.45) is 0 Å². The summed E-state index contributed by atoms with van der Waals surface area (Å²) in [6.45, 7) is 19.2. The minimum absolute atomic E-state index is 0.0639. The van der Waals surface area contributed by atoms with Crippen LogP contribution in [0.2, 0.25) is 0 Å². The topological polar surface area (TPSA) is 18.5 Å². The van der Waals surface area contributed by atoms with Gasteiger partial charge in [0, 0.05) is 5.41 Å². The summed E-state index contributed by atoms with van der Waals surface area (Å²) in [7, 11) is -0.447. The second-order valence-electron chi connectivity index (χ2n) is 13.4. The summed E-state index contributed by atoms with van der Waals surface area (Å²) < 4.78 is 13.1. The third-order valence-corrected chi connectivity index (χ3v) is 9.86. The van der Waals surface area contributed by atoms with Gasteiger partial charge >= 0.3 is 7.12 Å². The second-order valence-corrected chi connectivity index (χ2v) is 13.4. The average molecular weight is 565 g/mol. The van der Waals surface area contributed by atoms with E-state index in [9.17, 15) is 0 Å². The minimum Gasteiger partial charge on any atom is -0.399 e. The van der Waals surface area contributed by atoms with Crippen LogP contribution in [0.15, 0.2) is 121 Å². The summed E-state index contributed by atoms with van der Waals surface area (Å²) in [5.41, 5.74) is 12.5. The Bertz CT molecular complexity index is 1740. The first-order valence-electron chi connectivity index (χ1n) is 15.2. The molecular formula is C40H41BO2. The minimum atomic E-state index is -0.447. The molecule has 1 heterocycles. The fraction of sp³-hybridized carbons (Fsp3) is 0.250. The standard InChI is InChI=1S/C40H41BO2/c1-9-10-16-35-27(2)38(3,4)37-26-31(21-22-36(35)37)33-23-32(24-34(25-33)41-42-39(5,6)40(7,8)43-41)30-19-17-29(18-20-30)28-14-12-11-13-15-28/h9-26H,1H2,2-8H3/b16-10-. The molecule has 1 saturated heterocycles. The van der Waals surface area contributed by atoms with Crippen molar-refractivity contribution in [3.05, 3.63) is 133 Å². The van der Waals surface area contributed by atoms with Crippen molar-refractivity contribution >= 4 is 18.2 Å². The Morgan fingerprint density at radius 1 is 0.628 bits per heavy atom. The highest BCUT2D eigenvalue weighted by atomic mass is 16.7. The molecule has 0 spiro atoms. The lowest BCUT2D eigenvalue weighted by atomic mass is 9.76. The molecule has 216 valence electrons. The van der Waals surface area contributed by atoms with Crippen molar-refractivity contribution < 1.29 is 9.31 Å². The van der Waals surface area contributed by atoms with Crippen LogP contribution in [0.25, 0.3) is 39.0 Å². The van der Waals surface area contributed by atoms with Gasteiger partial charge in [-0.2, -0.15) is 0 Å². The smallest absolute Gasteiger partial charge is 0.399 e. The van der Waals surface area contributed by atoms with Gasteiger partial charge in [0.15, 0.2) is 0 Å². The van der Waals surface area contributed by atoms with Gasteiger partial charge < -0.3 is 9.31 Å². The molecule has 0 aromatic heterocycles. The number of benzene rings is 4. The van der Waals surface area contributed by atoms with Gasteiger partial charge in [0.05, 0.1) is 11.2 Å². The Morgan fingerprint density at radius 2 is 1.16 bits per heavy atom. The van der Waals surface area contributed by atoms with Crippen LogP contribution in [0.3, 0.4) is 0 Å². The van der Waals surface area contributed by atoms with Gasteiger partial charge in [-0.15, -0.1) is 0 Å². The molecule has 0 N–H and O–H groups in total. The summed E-state index contributed by atoms with van der Waals surface area (Å²) in [5.74, 6) is 0. The fourth-order valence-electron chi connectivity index (χ4n) is 6.18. The Balaban J connectivity index is 1.46. The summed E-state index contributed by atoms with van der Waals surface area (Å²) in [6.07, 6.45) is 6.06. The van der Waals surface area contributed by atoms with Gasteiger partial charge in [-0.25, -0.2) is 0 Å². The second kappa shape index (κ2) is 10.7. The zero-order chi connectivity index (χ0) is 30.6. The monoisotopic (exact) mass is 564 g/mol. The maximum atomic E-state index is 6.54. The highest BCUT2D eigenvalue weighted by molar-refractivity contribution is 6.62. The maximum Gasteiger partial charge on any atom is 0.494 e. The van der Waals surface area contributed by atoms with Crippen molar-refractivity contribution in [1.29, 1.82) is 0 Å². The van der Waals surface area contributed by atoms with Crippen molar-refractivity contribution in [2.45, 2.75) is 65.1 Å². The van der Waals surface area contributed by atoms with E-state index in [0.29, 0.717) is 0 Å². The van der Waals surface area contributed by atoms with E-state index in [2.05, 4.69) is 152 Å². The van der Waals surface area contributed by atoms with Crippen LogP contribution in [0.1, 0.15) is 59.6 Å². The molecule has 4 aromatic rings. The number of fused-ring (bicyclic) bond motifs is 1. The van der Waals surface area contributed by atoms with E-state index in [4.69, 9.17) is 9.31 Å². The van der Waals surface area contributed by atoms with Crippen LogP contribution in [-0.4, -0.2) is 18.3 Å². The molecule has 1 fully saturated rings. The van der Waals surface area contributed by atoms with E-state index < -0.39 is 18.3 Å². The van der Waals surface area contributed by atoms with E-state index in [1.807, 2.05) is 12.2 Å². The molecule has 43 heavy (non-hydrogen) atoms. The molecule has 2 aliphatic rings. The lowest BCUT2D eigenvalue weighted by molar-refractivity contribution is 0.00578. The number of rotatable bonds is 6. The molecule has 0 saturated carbocycles. The predicted octanol–water partition coefficient (Wildman–Crippen LogP) is 9.79. The fourth-order valence-corrected chi connectivity index (χ4v) is 6.18. The first-order valence-corrected chi connectivity index (χ1v) is 15.2. The zero-order valence-electron chi connectivity index (χ0n) is 26.5. The summed E-state index contributed by atoms with van der Waals surface area (Å²) in [4.78, 5) is 0. The molecule has 0 amide bonds. The Labute approximate surface area is 257 Å². The molecule has 2 nitrogen and oxygen atoms in total. The van der Waals surface area contributed by atoms with Crippen molar-refractivity contribution in [2.75, 3.05) is 0 Å². The van der Waals surface area contributed by atoms with Crippen LogP contribution >= 0.6 is 0 Å². The average Bonchev–Trinajstić information content (AvgIpc) is 3.34. The highest BCUT2D eigenvalue weighted by Gasteiger charge is 2.51. The van der Waals surface area contributed by atoms with Crippen LogP contribution in [-0.2, 0) is 14.7 Å². The molecule has 1 aliphatic carbocycles. The van der Waals surface area contributed by atoms with Crippen LogP contribution in [0, 0.1) is 0 Å². The van der Waals surface area contributed by atoms with Gasteiger partial charge in [-0.1, -0.05) is 123 Å². The maximum absolute atomic E-state index is 6.54. The van der Waals surface area contributed by atoms with Crippen LogP contribution in [0.4, 0.5) is 0 Å². The van der Waals surface area contributed by atoms with Crippen molar-refractivity contribution in [3.8, 4) is 33.4 Å². The van der Waals surface area contributed by atoms with E-state index in [1.165, 1.54) is 39.0 Å². The van der Waals surface area contributed by atoms with E-state index in [0.717, 1.165) is 22.2 Å². The van der Waals surface area contributed by atoms with Crippen LogP contribution in [0.5, 0.6) is 0 Å². The molecule has 6 rings (SSSR count). The molecule has 1 aliphatic heterocycles. The van der Waals surface area contributed by atoms with Gasteiger partial charge in [0.25, 0.3) is 0 Å². The van der Waals surface area contributed by atoms with Gasteiger partial charge in [-0.05, 0) is 102 Å². The number of allylic oxidation sites excluding steroid dienone is 5. The number of hydrogen-bond acceptors (Lipinski definition) is 2. The molecule has 0 unspecified atom stereocenters. The zero-order valence-corrected chi connectivity index (χ0v) is 26.5. The molecular weight excluding hydrogens is 523 g/mol. The predicted molar refractivity (Wildman–Crippen MR) is 183 cm³/mol.